The maximum absolute atomic E-state index is 11.0. The zero-order chi connectivity index (χ0) is 15.3. The SMILES string of the molecule is O=[N+]([O-])c1ccc2c(c1)C1=Nc3cc(Cl)ccc3CN1C=N2. The van der Waals surface area contributed by atoms with E-state index in [0.29, 0.717) is 28.7 Å². The van der Waals surface area contributed by atoms with Crippen molar-refractivity contribution in [1.29, 1.82) is 0 Å². The number of rotatable bonds is 1. The van der Waals surface area contributed by atoms with E-state index in [1.807, 2.05) is 17.0 Å². The van der Waals surface area contributed by atoms with Crippen LogP contribution in [0.25, 0.3) is 0 Å². The molecule has 4 rings (SSSR count). The molecule has 0 amide bonds. The van der Waals surface area contributed by atoms with Crippen LogP contribution in [-0.4, -0.2) is 22.0 Å². The van der Waals surface area contributed by atoms with E-state index < -0.39 is 4.92 Å². The van der Waals surface area contributed by atoms with Crippen LogP contribution in [0.2, 0.25) is 5.02 Å². The highest BCUT2D eigenvalue weighted by Gasteiger charge is 2.26. The number of amidine groups is 1. The molecule has 0 bridgehead atoms. The van der Waals surface area contributed by atoms with Crippen molar-refractivity contribution in [3.05, 3.63) is 62.7 Å². The number of benzene rings is 2. The zero-order valence-corrected chi connectivity index (χ0v) is 12.0. The summed E-state index contributed by atoms with van der Waals surface area (Å²) in [6.07, 6.45) is 1.70. The second kappa shape index (κ2) is 4.64. The number of fused-ring (bicyclic) bond motifs is 4. The number of nitro groups is 1. The fraction of sp³-hybridized carbons (Fsp3) is 0.0667. The molecule has 0 fully saturated rings. The van der Waals surface area contributed by atoms with Gasteiger partial charge >= 0.3 is 0 Å². The highest BCUT2D eigenvalue weighted by molar-refractivity contribution is 6.31. The van der Waals surface area contributed by atoms with Crippen molar-refractivity contribution in [3.8, 4) is 0 Å². The number of hydrogen-bond donors (Lipinski definition) is 0. The Morgan fingerprint density at radius 2 is 2.05 bits per heavy atom. The molecule has 0 radical (unpaired) electrons. The highest BCUT2D eigenvalue weighted by Crippen LogP contribution is 2.35. The standard InChI is InChI=1S/C15H9ClN4O2/c16-10-2-1-9-7-19-8-17-13-4-3-11(20(21)22)6-12(13)15(19)18-14(9)5-10/h1-6,8H,7H2. The number of non-ortho nitro benzene ring substituents is 1. The summed E-state index contributed by atoms with van der Waals surface area (Å²) in [6.45, 7) is 0.608. The fourth-order valence-corrected chi connectivity index (χ4v) is 2.75. The third-order valence-electron chi connectivity index (χ3n) is 3.65. The Bertz CT molecular complexity index is 876. The van der Waals surface area contributed by atoms with Crippen LogP contribution < -0.4 is 0 Å². The van der Waals surface area contributed by atoms with Gasteiger partial charge in [-0.1, -0.05) is 17.7 Å². The Hall–Kier alpha value is -2.73. The molecule has 2 aliphatic rings. The van der Waals surface area contributed by atoms with Crippen LogP contribution in [0.4, 0.5) is 17.1 Å². The lowest BCUT2D eigenvalue weighted by molar-refractivity contribution is -0.384. The van der Waals surface area contributed by atoms with Crippen LogP contribution in [0, 0.1) is 10.1 Å². The van der Waals surface area contributed by atoms with Gasteiger partial charge in [-0.25, -0.2) is 9.98 Å². The summed E-state index contributed by atoms with van der Waals surface area (Å²) in [6, 6.07) is 10.1. The summed E-state index contributed by atoms with van der Waals surface area (Å²) in [4.78, 5) is 21.4. The van der Waals surface area contributed by atoms with Crippen molar-refractivity contribution in [3.63, 3.8) is 0 Å². The lowest BCUT2D eigenvalue weighted by Crippen LogP contribution is -2.34. The maximum Gasteiger partial charge on any atom is 0.270 e. The van der Waals surface area contributed by atoms with Gasteiger partial charge in [0.25, 0.3) is 5.69 Å². The van der Waals surface area contributed by atoms with Gasteiger partial charge < -0.3 is 4.90 Å². The van der Waals surface area contributed by atoms with Gasteiger partial charge in [-0.3, -0.25) is 10.1 Å². The predicted molar refractivity (Wildman–Crippen MR) is 84.4 cm³/mol. The zero-order valence-electron chi connectivity index (χ0n) is 11.2. The first kappa shape index (κ1) is 13.0. The molecule has 2 aromatic carbocycles. The number of nitrogens with zero attached hydrogens (tertiary/aromatic N) is 4. The number of halogens is 1. The predicted octanol–water partition coefficient (Wildman–Crippen LogP) is 3.82. The lowest BCUT2D eigenvalue weighted by Gasteiger charge is -2.30. The summed E-state index contributed by atoms with van der Waals surface area (Å²) in [5.41, 5.74) is 3.17. The van der Waals surface area contributed by atoms with Gasteiger partial charge in [-0.2, -0.15) is 0 Å². The van der Waals surface area contributed by atoms with E-state index in [-0.39, 0.29) is 5.69 Å². The van der Waals surface area contributed by atoms with Gasteiger partial charge in [0.15, 0.2) is 0 Å². The minimum absolute atomic E-state index is 0.0235. The van der Waals surface area contributed by atoms with Crippen molar-refractivity contribution in [2.24, 2.45) is 9.98 Å². The van der Waals surface area contributed by atoms with Crippen LogP contribution in [0.1, 0.15) is 11.1 Å². The molecule has 0 aromatic heterocycles. The van der Waals surface area contributed by atoms with Gasteiger partial charge in [-0.05, 0) is 23.8 Å². The normalized spacial score (nSPS) is 14.8. The maximum atomic E-state index is 11.0. The topological polar surface area (TPSA) is 71.1 Å². The molecule has 6 nitrogen and oxygen atoms in total. The molecular formula is C15H9ClN4O2. The van der Waals surface area contributed by atoms with Gasteiger partial charge in [-0.15, -0.1) is 0 Å². The van der Waals surface area contributed by atoms with E-state index >= 15 is 0 Å². The van der Waals surface area contributed by atoms with Crippen LogP contribution in [-0.2, 0) is 6.54 Å². The minimum atomic E-state index is -0.420. The van der Waals surface area contributed by atoms with Gasteiger partial charge in [0.1, 0.15) is 5.84 Å². The molecule has 2 aromatic rings. The van der Waals surface area contributed by atoms with Gasteiger partial charge in [0, 0.05) is 17.2 Å². The number of aliphatic imine (C=N–C) groups is 2. The highest BCUT2D eigenvalue weighted by atomic mass is 35.5. The summed E-state index contributed by atoms with van der Waals surface area (Å²) >= 11 is 6.02. The largest absolute Gasteiger partial charge is 0.312 e. The lowest BCUT2D eigenvalue weighted by atomic mass is 10.0. The second-order valence-electron chi connectivity index (χ2n) is 5.04. The second-order valence-corrected chi connectivity index (χ2v) is 5.48. The fourth-order valence-electron chi connectivity index (χ4n) is 2.58. The third kappa shape index (κ3) is 1.96. The molecule has 108 valence electrons. The van der Waals surface area contributed by atoms with E-state index in [2.05, 4.69) is 9.98 Å². The summed E-state index contributed by atoms with van der Waals surface area (Å²) < 4.78 is 0. The smallest absolute Gasteiger partial charge is 0.270 e. The van der Waals surface area contributed by atoms with Crippen LogP contribution >= 0.6 is 11.6 Å². The molecule has 0 N–H and O–H groups in total. The first-order valence-electron chi connectivity index (χ1n) is 6.58. The van der Waals surface area contributed by atoms with E-state index in [4.69, 9.17) is 11.6 Å². The minimum Gasteiger partial charge on any atom is -0.312 e. The van der Waals surface area contributed by atoms with Gasteiger partial charge in [0.05, 0.1) is 34.7 Å². The molecular weight excluding hydrogens is 304 g/mol. The molecule has 0 unspecified atom stereocenters. The van der Waals surface area contributed by atoms with E-state index in [1.165, 1.54) is 12.1 Å². The first-order valence-corrected chi connectivity index (χ1v) is 6.96. The molecule has 0 spiro atoms. The Labute approximate surface area is 130 Å². The van der Waals surface area contributed by atoms with Crippen molar-refractivity contribution in [2.75, 3.05) is 0 Å². The molecule has 7 heteroatoms. The van der Waals surface area contributed by atoms with Crippen molar-refractivity contribution in [1.82, 2.24) is 4.90 Å². The quantitative estimate of drug-likeness (QED) is 0.593. The van der Waals surface area contributed by atoms with E-state index in [1.54, 1.807) is 18.5 Å². The molecule has 2 aliphatic heterocycles. The number of nitro benzene ring substituents is 1. The third-order valence-corrected chi connectivity index (χ3v) is 3.89. The molecule has 22 heavy (non-hydrogen) atoms. The first-order chi connectivity index (χ1) is 10.6. The summed E-state index contributed by atoms with van der Waals surface area (Å²) in [5.74, 6) is 0.656. The molecule has 0 saturated heterocycles. The Kier molecular flexibility index (Phi) is 2.74. The van der Waals surface area contributed by atoms with Crippen molar-refractivity contribution < 1.29 is 4.92 Å². The monoisotopic (exact) mass is 312 g/mol. The van der Waals surface area contributed by atoms with Crippen LogP contribution in [0.15, 0.2) is 46.4 Å². The Morgan fingerprint density at radius 1 is 1.18 bits per heavy atom. The van der Waals surface area contributed by atoms with E-state index in [9.17, 15) is 10.1 Å². The van der Waals surface area contributed by atoms with E-state index in [0.717, 1.165) is 11.3 Å². The average molecular weight is 313 g/mol. The van der Waals surface area contributed by atoms with Crippen molar-refractivity contribution >= 4 is 40.8 Å². The summed E-state index contributed by atoms with van der Waals surface area (Å²) in [5, 5.41) is 11.6. The van der Waals surface area contributed by atoms with Gasteiger partial charge in [0.2, 0.25) is 0 Å². The molecule has 2 heterocycles. The van der Waals surface area contributed by atoms with Crippen LogP contribution in [0.3, 0.4) is 0 Å². The van der Waals surface area contributed by atoms with Crippen molar-refractivity contribution in [2.45, 2.75) is 6.54 Å². The Morgan fingerprint density at radius 3 is 2.86 bits per heavy atom. The Balaban J connectivity index is 1.91. The summed E-state index contributed by atoms with van der Waals surface area (Å²) in [7, 11) is 0. The average Bonchev–Trinajstić information content (AvgIpc) is 2.52. The molecule has 0 saturated carbocycles. The number of hydrogen-bond acceptors (Lipinski definition) is 5. The van der Waals surface area contributed by atoms with Crippen LogP contribution in [0.5, 0.6) is 0 Å². The molecule has 0 atom stereocenters. The molecule has 0 aliphatic carbocycles.